The average molecular weight is 179 g/mol. The summed E-state index contributed by atoms with van der Waals surface area (Å²) in [7, 11) is 3.82. The van der Waals surface area contributed by atoms with Gasteiger partial charge in [0.05, 0.1) is 5.70 Å². The fraction of sp³-hybridized carbons (Fsp3) is 0.545. The molecule has 0 aliphatic heterocycles. The molecule has 1 aliphatic rings. The molecule has 0 N–H and O–H groups in total. The summed E-state index contributed by atoms with van der Waals surface area (Å²) in [4.78, 5) is 13.3. The predicted molar refractivity (Wildman–Crippen MR) is 54.4 cm³/mol. The highest BCUT2D eigenvalue weighted by molar-refractivity contribution is 5.94. The first-order valence-corrected chi connectivity index (χ1v) is 4.63. The number of Topliss-reactive ketones (excluding diaryl/α,β-unsaturated/α-hetero) is 1. The van der Waals surface area contributed by atoms with Gasteiger partial charge in [0.1, 0.15) is 0 Å². The molecule has 13 heavy (non-hydrogen) atoms. The summed E-state index contributed by atoms with van der Waals surface area (Å²) in [5.74, 6) is 0.142. The third-order valence-corrected chi connectivity index (χ3v) is 2.40. The van der Waals surface area contributed by atoms with Crippen LogP contribution in [0, 0.1) is 0 Å². The van der Waals surface area contributed by atoms with Crippen molar-refractivity contribution >= 4 is 5.78 Å². The molecule has 0 spiro atoms. The number of rotatable bonds is 2. The van der Waals surface area contributed by atoms with Gasteiger partial charge in [-0.3, -0.25) is 4.79 Å². The molecule has 0 heterocycles. The Kier molecular flexibility index (Phi) is 2.91. The maximum absolute atomic E-state index is 11.4. The van der Waals surface area contributed by atoms with Crippen molar-refractivity contribution in [1.82, 2.24) is 4.90 Å². The van der Waals surface area contributed by atoms with E-state index in [4.69, 9.17) is 0 Å². The van der Waals surface area contributed by atoms with Crippen molar-refractivity contribution in [2.45, 2.75) is 26.2 Å². The third-order valence-electron chi connectivity index (χ3n) is 2.40. The van der Waals surface area contributed by atoms with Gasteiger partial charge in [0, 0.05) is 21.0 Å². The van der Waals surface area contributed by atoms with Crippen LogP contribution >= 0.6 is 0 Å². The third kappa shape index (κ3) is 2.00. The van der Waals surface area contributed by atoms with E-state index in [1.165, 1.54) is 0 Å². The van der Waals surface area contributed by atoms with Gasteiger partial charge in [-0.05, 0) is 30.4 Å². The van der Waals surface area contributed by atoms with Gasteiger partial charge in [0.2, 0.25) is 0 Å². The van der Waals surface area contributed by atoms with Crippen LogP contribution in [0.25, 0.3) is 0 Å². The van der Waals surface area contributed by atoms with Crippen molar-refractivity contribution < 1.29 is 4.79 Å². The number of carbonyl (C=O) groups is 1. The summed E-state index contributed by atoms with van der Waals surface area (Å²) in [6, 6.07) is 0. The van der Waals surface area contributed by atoms with E-state index in [2.05, 4.69) is 6.58 Å². The lowest BCUT2D eigenvalue weighted by molar-refractivity contribution is -0.114. The molecule has 0 bridgehead atoms. The van der Waals surface area contributed by atoms with E-state index in [-0.39, 0.29) is 5.78 Å². The second-order valence-corrected chi connectivity index (χ2v) is 3.73. The molecule has 1 saturated carbocycles. The SMILES string of the molecule is C=C1CCC/C1=C(\C(C)=O)N(C)C. The number of nitrogens with zero attached hydrogens (tertiary/aromatic N) is 1. The van der Waals surface area contributed by atoms with Crippen LogP contribution in [0.1, 0.15) is 26.2 Å². The van der Waals surface area contributed by atoms with Crippen LogP contribution in [-0.2, 0) is 4.79 Å². The molecule has 0 atom stereocenters. The highest BCUT2D eigenvalue weighted by atomic mass is 16.1. The number of hydrogen-bond donors (Lipinski definition) is 0. The van der Waals surface area contributed by atoms with Gasteiger partial charge in [-0.25, -0.2) is 0 Å². The molecule has 2 heteroatoms. The molecule has 1 fully saturated rings. The molecule has 2 nitrogen and oxygen atoms in total. The van der Waals surface area contributed by atoms with Crippen molar-refractivity contribution in [1.29, 1.82) is 0 Å². The van der Waals surface area contributed by atoms with Gasteiger partial charge in [0.25, 0.3) is 0 Å². The average Bonchev–Trinajstić information content (AvgIpc) is 2.35. The zero-order chi connectivity index (χ0) is 10.0. The minimum absolute atomic E-state index is 0.142. The lowest BCUT2D eigenvalue weighted by Crippen LogP contribution is -2.19. The standard InChI is InChI=1S/C11H17NO/c1-8-6-5-7-10(8)11(9(2)13)12(3)4/h1,5-7H2,2-4H3/b11-10-. The molecule has 0 aromatic rings. The molecule has 0 unspecified atom stereocenters. The first-order chi connectivity index (χ1) is 6.04. The van der Waals surface area contributed by atoms with Gasteiger partial charge in [0.15, 0.2) is 5.78 Å². The van der Waals surface area contributed by atoms with E-state index in [9.17, 15) is 4.79 Å². The van der Waals surface area contributed by atoms with Crippen LogP contribution in [0.5, 0.6) is 0 Å². The predicted octanol–water partition coefficient (Wildman–Crippen LogP) is 2.13. The van der Waals surface area contributed by atoms with E-state index in [0.29, 0.717) is 0 Å². The van der Waals surface area contributed by atoms with E-state index in [0.717, 1.165) is 36.1 Å². The zero-order valence-corrected chi connectivity index (χ0v) is 8.68. The molecule has 0 aromatic carbocycles. The Morgan fingerprint density at radius 2 is 2.00 bits per heavy atom. The lowest BCUT2D eigenvalue weighted by Gasteiger charge is -2.17. The lowest BCUT2D eigenvalue weighted by atomic mass is 10.1. The Labute approximate surface area is 79.9 Å². The van der Waals surface area contributed by atoms with Crippen molar-refractivity contribution in [3.8, 4) is 0 Å². The second kappa shape index (κ2) is 3.77. The smallest absolute Gasteiger partial charge is 0.176 e. The van der Waals surface area contributed by atoms with Crippen molar-refractivity contribution in [2.24, 2.45) is 0 Å². The Balaban J connectivity index is 3.08. The fourth-order valence-corrected chi connectivity index (χ4v) is 1.89. The number of allylic oxidation sites excluding steroid dienone is 3. The maximum Gasteiger partial charge on any atom is 0.176 e. The van der Waals surface area contributed by atoms with E-state index in [1.54, 1.807) is 6.92 Å². The van der Waals surface area contributed by atoms with Gasteiger partial charge in [-0.15, -0.1) is 0 Å². The number of carbonyl (C=O) groups excluding carboxylic acids is 1. The summed E-state index contributed by atoms with van der Waals surface area (Å²) < 4.78 is 0. The molecule has 1 rings (SSSR count). The molecule has 1 aliphatic carbocycles. The Bertz CT molecular complexity index is 274. The van der Waals surface area contributed by atoms with Crippen LogP contribution in [-0.4, -0.2) is 24.8 Å². The molecular weight excluding hydrogens is 162 g/mol. The normalized spacial score (nSPS) is 20.4. The van der Waals surface area contributed by atoms with Gasteiger partial charge in [-0.1, -0.05) is 6.58 Å². The summed E-state index contributed by atoms with van der Waals surface area (Å²) >= 11 is 0. The summed E-state index contributed by atoms with van der Waals surface area (Å²) in [5.41, 5.74) is 3.14. The van der Waals surface area contributed by atoms with Gasteiger partial charge in [-0.2, -0.15) is 0 Å². The van der Waals surface area contributed by atoms with E-state index in [1.807, 2.05) is 19.0 Å². The topological polar surface area (TPSA) is 20.3 Å². The molecule has 0 aromatic heterocycles. The minimum atomic E-state index is 0.142. The molecule has 0 saturated heterocycles. The number of likely N-dealkylation sites (N-methyl/N-ethyl adjacent to an activating group) is 1. The van der Waals surface area contributed by atoms with Crippen LogP contribution in [0.3, 0.4) is 0 Å². The maximum atomic E-state index is 11.4. The quantitative estimate of drug-likeness (QED) is 0.605. The summed E-state index contributed by atoms with van der Waals surface area (Å²) in [6.45, 7) is 5.60. The Hall–Kier alpha value is -1.05. The van der Waals surface area contributed by atoms with Crippen LogP contribution in [0.15, 0.2) is 23.4 Å². The summed E-state index contributed by atoms with van der Waals surface area (Å²) in [5, 5.41) is 0. The van der Waals surface area contributed by atoms with Crippen molar-refractivity contribution in [3.63, 3.8) is 0 Å². The van der Waals surface area contributed by atoms with Crippen molar-refractivity contribution in [3.05, 3.63) is 23.4 Å². The first-order valence-electron chi connectivity index (χ1n) is 4.63. The highest BCUT2D eigenvalue weighted by Crippen LogP contribution is 2.32. The monoisotopic (exact) mass is 179 g/mol. The molecule has 72 valence electrons. The van der Waals surface area contributed by atoms with Crippen LogP contribution in [0.2, 0.25) is 0 Å². The van der Waals surface area contributed by atoms with Gasteiger partial charge < -0.3 is 4.90 Å². The number of ketones is 1. The van der Waals surface area contributed by atoms with E-state index >= 15 is 0 Å². The molecule has 0 radical (unpaired) electrons. The minimum Gasteiger partial charge on any atom is -0.375 e. The van der Waals surface area contributed by atoms with Gasteiger partial charge >= 0.3 is 0 Å². The second-order valence-electron chi connectivity index (χ2n) is 3.73. The first kappa shape index (κ1) is 10.0. The Morgan fingerprint density at radius 3 is 2.31 bits per heavy atom. The molecular formula is C11H17NO. The number of hydrogen-bond acceptors (Lipinski definition) is 2. The van der Waals surface area contributed by atoms with Crippen LogP contribution < -0.4 is 0 Å². The fourth-order valence-electron chi connectivity index (χ4n) is 1.89. The zero-order valence-electron chi connectivity index (χ0n) is 8.68. The van der Waals surface area contributed by atoms with E-state index < -0.39 is 0 Å². The largest absolute Gasteiger partial charge is 0.375 e. The Morgan fingerprint density at radius 1 is 1.38 bits per heavy atom. The molecule has 0 amide bonds. The van der Waals surface area contributed by atoms with Crippen LogP contribution in [0.4, 0.5) is 0 Å². The summed E-state index contributed by atoms with van der Waals surface area (Å²) in [6.07, 6.45) is 3.19. The van der Waals surface area contributed by atoms with Crippen molar-refractivity contribution in [2.75, 3.05) is 14.1 Å². The highest BCUT2D eigenvalue weighted by Gasteiger charge is 2.19.